The molecule has 2 aromatic carbocycles. The number of hydrogen-bond acceptors (Lipinski definition) is 5. The van der Waals surface area contributed by atoms with Gasteiger partial charge in [-0.1, -0.05) is 63.1 Å². The Morgan fingerprint density at radius 2 is 1.63 bits per heavy atom. The smallest absolute Gasteiger partial charge is 0.408 e. The molecular weight excluding hydrogens is 542 g/mol. The molecule has 0 bridgehead atoms. The van der Waals surface area contributed by atoms with Gasteiger partial charge in [-0.3, -0.25) is 9.59 Å². The van der Waals surface area contributed by atoms with Crippen LogP contribution in [-0.4, -0.2) is 52.1 Å². The normalized spacial score (nSPS) is 13.6. The zero-order chi connectivity index (χ0) is 32.3. The van der Waals surface area contributed by atoms with Crippen LogP contribution in [0.15, 0.2) is 42.5 Å². The minimum absolute atomic E-state index is 0.106. The molecule has 0 saturated heterocycles. The van der Waals surface area contributed by atoms with Crippen LogP contribution in [0.25, 0.3) is 0 Å². The molecular formula is C35H53N3O5. The Bertz CT molecular complexity index is 1200. The van der Waals surface area contributed by atoms with E-state index in [1.54, 1.807) is 49.9 Å². The van der Waals surface area contributed by atoms with Crippen LogP contribution in [0.4, 0.5) is 4.79 Å². The maximum absolute atomic E-state index is 14.8. The number of phenols is 1. The standard InChI is InChI=1S/C35H53N3O5/c1-10-11-20-36-32(40)31(29-19-13-24(4)21-25(29)5)38(26(6)14-12-23(2)3)33(41)30(37-34(42)43-35(7,8)9)22-27-15-17-28(39)18-16-27/h13,15-19,21,23,26,30-31,39H,10-12,14,20,22H2,1-9H3,(H,36,40)(H,37,42). The molecule has 0 aliphatic rings. The van der Waals surface area contributed by atoms with E-state index in [0.717, 1.165) is 41.5 Å². The summed E-state index contributed by atoms with van der Waals surface area (Å²) in [4.78, 5) is 43.5. The Morgan fingerprint density at radius 3 is 2.19 bits per heavy atom. The van der Waals surface area contributed by atoms with E-state index >= 15 is 0 Å². The van der Waals surface area contributed by atoms with Crippen molar-refractivity contribution in [2.45, 2.75) is 118 Å². The summed E-state index contributed by atoms with van der Waals surface area (Å²) in [7, 11) is 0. The molecule has 0 aliphatic carbocycles. The van der Waals surface area contributed by atoms with Crippen LogP contribution in [0.5, 0.6) is 5.75 Å². The third-order valence-corrected chi connectivity index (χ3v) is 7.33. The lowest BCUT2D eigenvalue weighted by Crippen LogP contribution is -2.56. The highest BCUT2D eigenvalue weighted by Crippen LogP contribution is 2.30. The monoisotopic (exact) mass is 595 g/mol. The van der Waals surface area contributed by atoms with E-state index in [0.29, 0.717) is 18.9 Å². The van der Waals surface area contributed by atoms with E-state index in [9.17, 15) is 19.5 Å². The molecule has 3 N–H and O–H groups in total. The van der Waals surface area contributed by atoms with Crippen molar-refractivity contribution in [2.24, 2.45) is 5.92 Å². The lowest BCUT2D eigenvalue weighted by molar-refractivity contribution is -0.145. The number of hydrogen-bond donors (Lipinski definition) is 3. The number of ether oxygens (including phenoxy) is 1. The molecule has 0 spiro atoms. The van der Waals surface area contributed by atoms with Crippen molar-refractivity contribution in [2.75, 3.05) is 6.54 Å². The molecule has 0 aliphatic heterocycles. The summed E-state index contributed by atoms with van der Waals surface area (Å²) in [5.41, 5.74) is 2.72. The van der Waals surface area contributed by atoms with Crippen molar-refractivity contribution in [1.29, 1.82) is 0 Å². The number of unbranched alkanes of at least 4 members (excludes halogenated alkanes) is 1. The predicted octanol–water partition coefficient (Wildman–Crippen LogP) is 6.76. The van der Waals surface area contributed by atoms with E-state index in [2.05, 4.69) is 31.4 Å². The molecule has 3 amide bonds. The number of benzene rings is 2. The maximum Gasteiger partial charge on any atom is 0.408 e. The van der Waals surface area contributed by atoms with Gasteiger partial charge in [0.1, 0.15) is 23.4 Å². The van der Waals surface area contributed by atoms with Crippen LogP contribution in [-0.2, 0) is 20.7 Å². The van der Waals surface area contributed by atoms with Gasteiger partial charge in [0.2, 0.25) is 11.8 Å². The number of aryl methyl sites for hydroxylation is 2. The van der Waals surface area contributed by atoms with Crippen LogP contribution in [0.3, 0.4) is 0 Å². The van der Waals surface area contributed by atoms with E-state index in [-0.39, 0.29) is 30.0 Å². The molecule has 8 heteroatoms. The number of phenolic OH excluding ortho intramolecular Hbond substituents is 1. The highest BCUT2D eigenvalue weighted by Gasteiger charge is 2.39. The first kappa shape index (κ1) is 35.6. The fourth-order valence-electron chi connectivity index (χ4n) is 5.04. The average molecular weight is 596 g/mol. The second-order valence-electron chi connectivity index (χ2n) is 13.0. The van der Waals surface area contributed by atoms with Gasteiger partial charge in [0.05, 0.1) is 0 Å². The number of nitrogens with one attached hydrogen (secondary N) is 2. The van der Waals surface area contributed by atoms with Gasteiger partial charge in [-0.05, 0) is 95.5 Å². The Balaban J connectivity index is 2.67. The summed E-state index contributed by atoms with van der Waals surface area (Å²) in [6.07, 6.45) is 2.75. The second-order valence-corrected chi connectivity index (χ2v) is 13.0. The summed E-state index contributed by atoms with van der Waals surface area (Å²) in [5.74, 6) is -0.101. The first-order valence-electron chi connectivity index (χ1n) is 15.6. The van der Waals surface area contributed by atoms with Gasteiger partial charge in [-0.25, -0.2) is 4.79 Å². The highest BCUT2D eigenvalue weighted by molar-refractivity contribution is 5.92. The van der Waals surface area contributed by atoms with E-state index < -0.39 is 23.8 Å². The summed E-state index contributed by atoms with van der Waals surface area (Å²) >= 11 is 0. The molecule has 0 saturated carbocycles. The highest BCUT2D eigenvalue weighted by atomic mass is 16.6. The summed E-state index contributed by atoms with van der Waals surface area (Å²) < 4.78 is 5.54. The molecule has 3 unspecified atom stereocenters. The van der Waals surface area contributed by atoms with Crippen molar-refractivity contribution in [3.8, 4) is 5.75 Å². The summed E-state index contributed by atoms with van der Waals surface area (Å²) in [6, 6.07) is 10.2. The zero-order valence-corrected chi connectivity index (χ0v) is 27.6. The molecule has 0 heterocycles. The van der Waals surface area contributed by atoms with Gasteiger partial charge in [0.25, 0.3) is 0 Å². The van der Waals surface area contributed by atoms with E-state index in [1.807, 2.05) is 39.0 Å². The summed E-state index contributed by atoms with van der Waals surface area (Å²) in [6.45, 7) is 18.1. The maximum atomic E-state index is 14.8. The van der Waals surface area contributed by atoms with Gasteiger partial charge in [0.15, 0.2) is 0 Å². The first-order chi connectivity index (χ1) is 20.1. The van der Waals surface area contributed by atoms with Gasteiger partial charge in [-0.2, -0.15) is 0 Å². The zero-order valence-electron chi connectivity index (χ0n) is 27.6. The third kappa shape index (κ3) is 11.6. The second kappa shape index (κ2) is 16.3. The van der Waals surface area contributed by atoms with Crippen molar-refractivity contribution < 1.29 is 24.2 Å². The molecule has 3 atom stereocenters. The molecule has 238 valence electrons. The predicted molar refractivity (Wildman–Crippen MR) is 172 cm³/mol. The number of amides is 3. The molecule has 8 nitrogen and oxygen atoms in total. The lowest BCUT2D eigenvalue weighted by Gasteiger charge is -2.39. The Morgan fingerprint density at radius 1 is 0.977 bits per heavy atom. The topological polar surface area (TPSA) is 108 Å². The molecule has 43 heavy (non-hydrogen) atoms. The molecule has 0 radical (unpaired) electrons. The lowest BCUT2D eigenvalue weighted by atomic mass is 9.93. The minimum atomic E-state index is -1.02. The largest absolute Gasteiger partial charge is 0.508 e. The van der Waals surface area contributed by atoms with Gasteiger partial charge in [0, 0.05) is 19.0 Å². The van der Waals surface area contributed by atoms with Crippen molar-refractivity contribution in [3.05, 3.63) is 64.7 Å². The van der Waals surface area contributed by atoms with Crippen LogP contribution in [0, 0.1) is 19.8 Å². The Labute approximate surface area is 258 Å². The SMILES string of the molecule is CCCCNC(=O)C(c1ccc(C)cc1C)N(C(=O)C(Cc1ccc(O)cc1)NC(=O)OC(C)(C)C)C(C)CCC(C)C. The van der Waals surface area contributed by atoms with Crippen molar-refractivity contribution in [1.82, 2.24) is 15.5 Å². The van der Waals surface area contributed by atoms with Crippen LogP contribution in [0.1, 0.15) is 102 Å². The number of alkyl carbamates (subject to hydrolysis) is 1. The number of nitrogens with zero attached hydrogens (tertiary/aromatic N) is 1. The Kier molecular flexibility index (Phi) is 13.5. The number of carbonyl (C=O) groups is 3. The molecule has 2 aromatic rings. The molecule has 2 rings (SSSR count). The number of carbonyl (C=O) groups excluding carboxylic acids is 3. The number of aromatic hydroxyl groups is 1. The van der Waals surface area contributed by atoms with Crippen molar-refractivity contribution in [3.63, 3.8) is 0 Å². The van der Waals surface area contributed by atoms with Gasteiger partial charge < -0.3 is 25.4 Å². The van der Waals surface area contributed by atoms with Crippen LogP contribution >= 0.6 is 0 Å². The number of rotatable bonds is 14. The molecule has 0 aromatic heterocycles. The minimum Gasteiger partial charge on any atom is -0.508 e. The van der Waals surface area contributed by atoms with Crippen LogP contribution in [0.2, 0.25) is 0 Å². The van der Waals surface area contributed by atoms with Gasteiger partial charge in [-0.15, -0.1) is 0 Å². The summed E-state index contributed by atoms with van der Waals surface area (Å²) in [5, 5.41) is 15.7. The Hall–Kier alpha value is -3.55. The molecule has 0 fully saturated rings. The van der Waals surface area contributed by atoms with Gasteiger partial charge >= 0.3 is 6.09 Å². The quantitative estimate of drug-likeness (QED) is 0.209. The fraction of sp³-hybridized carbons (Fsp3) is 0.571. The van der Waals surface area contributed by atoms with E-state index in [4.69, 9.17) is 4.74 Å². The average Bonchev–Trinajstić information content (AvgIpc) is 2.90. The van der Waals surface area contributed by atoms with Crippen LogP contribution < -0.4 is 10.6 Å². The van der Waals surface area contributed by atoms with Crippen molar-refractivity contribution >= 4 is 17.9 Å². The van der Waals surface area contributed by atoms with E-state index in [1.165, 1.54) is 0 Å². The first-order valence-corrected chi connectivity index (χ1v) is 15.6. The fourth-order valence-corrected chi connectivity index (χ4v) is 5.04. The third-order valence-electron chi connectivity index (χ3n) is 7.33.